The molecule has 0 aliphatic carbocycles. The number of amides is 1. The van der Waals surface area contributed by atoms with Crippen LogP contribution in [0.25, 0.3) is 0 Å². The number of hydrogen-bond donors (Lipinski definition) is 1. The second-order valence-corrected chi connectivity index (χ2v) is 9.52. The molecule has 1 unspecified atom stereocenters. The van der Waals surface area contributed by atoms with Crippen molar-refractivity contribution in [2.45, 2.75) is 56.5 Å². The Morgan fingerprint density at radius 3 is 2.08 bits per heavy atom. The molecule has 0 spiro atoms. The monoisotopic (exact) mass is 536 g/mol. The van der Waals surface area contributed by atoms with Crippen molar-refractivity contribution < 1.29 is 39.9 Å². The van der Waals surface area contributed by atoms with Crippen LogP contribution < -0.4 is 5.32 Å². The smallest absolute Gasteiger partial charge is 0.345 e. The third-order valence-electron chi connectivity index (χ3n) is 6.85. The summed E-state index contributed by atoms with van der Waals surface area (Å²) >= 11 is 0. The van der Waals surface area contributed by atoms with E-state index in [2.05, 4.69) is 5.32 Å². The van der Waals surface area contributed by atoms with E-state index in [-0.39, 0.29) is 43.9 Å². The Balaban J connectivity index is 1.80. The molecule has 1 saturated heterocycles. The van der Waals surface area contributed by atoms with Crippen LogP contribution in [-0.4, -0.2) is 43.2 Å². The average Bonchev–Trinajstić information content (AvgIpc) is 2.80. The van der Waals surface area contributed by atoms with E-state index < -0.39 is 46.8 Å². The molecular formula is C26H28F8N2O. The fraction of sp³-hybridized carbons (Fsp3) is 0.500. The number of aryl methyl sites for hydroxylation is 1. The molecule has 2 aromatic carbocycles. The Morgan fingerprint density at radius 2 is 1.57 bits per heavy atom. The molecule has 3 nitrogen and oxygen atoms in total. The number of nitrogens with one attached hydrogen (secondary N) is 1. The van der Waals surface area contributed by atoms with Gasteiger partial charge in [-0.25, -0.2) is 8.78 Å². The lowest BCUT2D eigenvalue weighted by Gasteiger charge is -2.38. The lowest BCUT2D eigenvalue weighted by molar-refractivity contribution is -0.143. The van der Waals surface area contributed by atoms with Crippen molar-refractivity contribution in [3.05, 3.63) is 70.0 Å². The van der Waals surface area contributed by atoms with Crippen molar-refractivity contribution in [3.63, 3.8) is 0 Å². The molecule has 1 N–H and O–H groups in total. The van der Waals surface area contributed by atoms with E-state index in [1.165, 1.54) is 30.1 Å². The summed E-state index contributed by atoms with van der Waals surface area (Å²) in [4.78, 5) is 14.2. The molecule has 0 saturated carbocycles. The first kappa shape index (κ1) is 28.9. The van der Waals surface area contributed by atoms with E-state index in [1.807, 2.05) is 0 Å². The van der Waals surface area contributed by atoms with Crippen LogP contribution in [0.1, 0.15) is 53.0 Å². The number of carbonyl (C=O) groups is 1. The molecule has 3 rings (SSSR count). The summed E-state index contributed by atoms with van der Waals surface area (Å²) < 4.78 is 109. The van der Waals surface area contributed by atoms with Crippen LogP contribution in [0.4, 0.5) is 35.1 Å². The highest BCUT2D eigenvalue weighted by Gasteiger charge is 2.43. The molecule has 1 aliphatic heterocycles. The lowest BCUT2D eigenvalue weighted by atomic mass is 9.74. The van der Waals surface area contributed by atoms with Crippen LogP contribution in [-0.2, 0) is 23.6 Å². The minimum Gasteiger partial charge on any atom is -0.345 e. The van der Waals surface area contributed by atoms with Gasteiger partial charge in [0.05, 0.1) is 11.1 Å². The van der Waals surface area contributed by atoms with Gasteiger partial charge in [-0.3, -0.25) is 4.79 Å². The summed E-state index contributed by atoms with van der Waals surface area (Å²) in [6, 6.07) is 5.21. The van der Waals surface area contributed by atoms with Crippen molar-refractivity contribution in [2.75, 3.05) is 26.7 Å². The molecule has 0 bridgehead atoms. The predicted octanol–water partition coefficient (Wildman–Crippen LogP) is 6.44. The fourth-order valence-corrected chi connectivity index (χ4v) is 4.71. The highest BCUT2D eigenvalue weighted by atomic mass is 19.4. The van der Waals surface area contributed by atoms with Gasteiger partial charge < -0.3 is 10.2 Å². The van der Waals surface area contributed by atoms with Gasteiger partial charge in [0.2, 0.25) is 5.91 Å². The number of carbonyl (C=O) groups excluding carboxylic acids is 1. The molecule has 0 radical (unpaired) electrons. The molecule has 1 fully saturated rings. The molecule has 11 heteroatoms. The molecule has 204 valence electrons. The zero-order chi connectivity index (χ0) is 27.6. The van der Waals surface area contributed by atoms with Gasteiger partial charge in [0.25, 0.3) is 0 Å². The van der Waals surface area contributed by atoms with E-state index in [4.69, 9.17) is 0 Å². The standard InChI is InChI=1S/C26H28F8N2O/c1-16-11-20(27)3-4-21(16)22(24(28)6-8-35-9-7-24)15-23(37)36(2)10-5-17-12-18(25(29,30)31)14-19(13-17)26(32,33)34/h3-4,11-14,22,35H,5-10,15H2,1-2H3. The number of likely N-dealkylation sites (N-methyl/N-ethyl adjacent to an activating group) is 1. The third kappa shape index (κ3) is 7.21. The summed E-state index contributed by atoms with van der Waals surface area (Å²) in [5.74, 6) is -1.91. The van der Waals surface area contributed by atoms with Crippen molar-refractivity contribution in [2.24, 2.45) is 0 Å². The van der Waals surface area contributed by atoms with Gasteiger partial charge in [-0.2, -0.15) is 26.3 Å². The fourth-order valence-electron chi connectivity index (χ4n) is 4.71. The number of piperidine rings is 1. The molecule has 1 aliphatic rings. The van der Waals surface area contributed by atoms with Gasteiger partial charge in [0.15, 0.2) is 0 Å². The molecule has 1 atom stereocenters. The highest BCUT2D eigenvalue weighted by molar-refractivity contribution is 5.77. The summed E-state index contributed by atoms with van der Waals surface area (Å²) in [5.41, 5.74) is -3.85. The van der Waals surface area contributed by atoms with Gasteiger partial charge in [0, 0.05) is 25.9 Å². The predicted molar refractivity (Wildman–Crippen MR) is 122 cm³/mol. The van der Waals surface area contributed by atoms with Gasteiger partial charge >= 0.3 is 12.4 Å². The highest BCUT2D eigenvalue weighted by Crippen LogP contribution is 2.42. The first-order valence-electron chi connectivity index (χ1n) is 11.8. The summed E-state index contributed by atoms with van der Waals surface area (Å²) in [7, 11) is 1.36. The first-order chi connectivity index (χ1) is 17.1. The molecule has 37 heavy (non-hydrogen) atoms. The van der Waals surface area contributed by atoms with Crippen LogP contribution in [0, 0.1) is 12.7 Å². The van der Waals surface area contributed by atoms with Gasteiger partial charge in [0.1, 0.15) is 11.5 Å². The van der Waals surface area contributed by atoms with Crippen LogP contribution in [0.15, 0.2) is 36.4 Å². The largest absolute Gasteiger partial charge is 0.416 e. The summed E-state index contributed by atoms with van der Waals surface area (Å²) in [6.07, 6.45) is -10.2. The van der Waals surface area contributed by atoms with Crippen LogP contribution in [0.3, 0.4) is 0 Å². The van der Waals surface area contributed by atoms with E-state index in [1.54, 1.807) is 6.92 Å². The average molecular weight is 537 g/mol. The number of nitrogens with zero attached hydrogens (tertiary/aromatic N) is 1. The maximum Gasteiger partial charge on any atom is 0.416 e. The summed E-state index contributed by atoms with van der Waals surface area (Å²) in [6.45, 7) is 2.24. The maximum atomic E-state index is 16.1. The zero-order valence-electron chi connectivity index (χ0n) is 20.4. The lowest BCUT2D eigenvalue weighted by Crippen LogP contribution is -2.45. The van der Waals surface area contributed by atoms with E-state index in [0.29, 0.717) is 36.3 Å². The number of alkyl halides is 7. The van der Waals surface area contributed by atoms with Gasteiger partial charge in [-0.1, -0.05) is 6.07 Å². The Kier molecular flexibility index (Phi) is 8.56. The molecule has 1 heterocycles. The van der Waals surface area contributed by atoms with Crippen LogP contribution in [0.2, 0.25) is 0 Å². The van der Waals surface area contributed by atoms with Crippen LogP contribution in [0.5, 0.6) is 0 Å². The minimum atomic E-state index is -4.97. The summed E-state index contributed by atoms with van der Waals surface area (Å²) in [5, 5.41) is 3.06. The van der Waals surface area contributed by atoms with Crippen molar-refractivity contribution >= 4 is 5.91 Å². The Morgan fingerprint density at radius 1 is 1.00 bits per heavy atom. The molecule has 0 aromatic heterocycles. The maximum absolute atomic E-state index is 16.1. The minimum absolute atomic E-state index is 0.0493. The van der Waals surface area contributed by atoms with Crippen molar-refractivity contribution in [3.8, 4) is 0 Å². The topological polar surface area (TPSA) is 32.3 Å². The number of benzene rings is 2. The molecular weight excluding hydrogens is 508 g/mol. The van der Waals surface area contributed by atoms with E-state index in [0.717, 1.165) is 0 Å². The second kappa shape index (κ2) is 11.0. The third-order valence-corrected chi connectivity index (χ3v) is 6.85. The van der Waals surface area contributed by atoms with Crippen molar-refractivity contribution in [1.82, 2.24) is 10.2 Å². The Bertz CT molecular complexity index is 1070. The Hall–Kier alpha value is -2.69. The van der Waals surface area contributed by atoms with Crippen molar-refractivity contribution in [1.29, 1.82) is 0 Å². The van der Waals surface area contributed by atoms with Gasteiger partial charge in [-0.05, 0) is 86.3 Å². The van der Waals surface area contributed by atoms with E-state index >= 15 is 4.39 Å². The number of halogens is 8. The zero-order valence-corrected chi connectivity index (χ0v) is 20.4. The number of hydrogen-bond acceptors (Lipinski definition) is 2. The molecule has 2 aromatic rings. The van der Waals surface area contributed by atoms with E-state index in [9.17, 15) is 35.5 Å². The normalized spacial score (nSPS) is 16.9. The first-order valence-corrected chi connectivity index (χ1v) is 11.8. The van der Waals surface area contributed by atoms with Crippen LogP contribution >= 0.6 is 0 Å². The second-order valence-electron chi connectivity index (χ2n) is 9.52. The number of rotatable bonds is 7. The Labute approximate surface area is 209 Å². The quantitative estimate of drug-likeness (QED) is 0.414. The molecule has 1 amide bonds. The SMILES string of the molecule is Cc1cc(F)ccc1C(CC(=O)N(C)CCc1cc(C(F)(F)F)cc(C(F)(F)F)c1)C1(F)CCNCC1. The van der Waals surface area contributed by atoms with Gasteiger partial charge in [-0.15, -0.1) is 0 Å².